The Kier molecular flexibility index (Phi) is 13.6. The molecule has 0 nitrogen and oxygen atoms in total. The molecule has 0 aromatic heterocycles. The number of alkyl halides is 12. The zero-order chi connectivity index (χ0) is 43.3. The van der Waals surface area contributed by atoms with E-state index in [1.165, 1.54) is 0 Å². The Morgan fingerprint density at radius 2 is 0.833 bits per heavy atom. The van der Waals surface area contributed by atoms with Crippen LogP contribution in [0.1, 0.15) is 118 Å². The van der Waals surface area contributed by atoms with E-state index in [0.717, 1.165) is 33.4 Å². The summed E-state index contributed by atoms with van der Waals surface area (Å²) in [5, 5.41) is 0. The number of halogens is 14. The second kappa shape index (κ2) is 16.5. The van der Waals surface area contributed by atoms with E-state index >= 15 is 0 Å². The third-order valence-electron chi connectivity index (χ3n) is 10.7. The minimum absolute atomic E-state index is 0. The number of hydrogen-bond donors (Lipinski definition) is 0. The molecule has 0 N–H and O–H groups in total. The molecule has 0 bridgehead atoms. The average Bonchev–Trinajstić information content (AvgIpc) is 3.70. The standard InChI is InChI=1S/C23H29.C17H6F12.C5H5.2ClH.Zr/c1-14-9-16-11-17-10-15(2)21(23(6,7)8)13-19(17)18(16)12-20(14)22(3,4)5;18-14(19,20)10-2-8(3-11(6-10)15(21,22)23)1-9-4-12(16(24,25)26)7-13(5-9)17(27,28)29;1-2-4-5-3-1;;;/h9-13H,1-8H3;2-7H;1-3H,4H2;2*1H;/q;;;;;+2/p-2. The van der Waals surface area contributed by atoms with E-state index in [2.05, 4.69) is 0 Å². The first-order valence-electron chi connectivity index (χ1n) is 18.4. The molecule has 322 valence electrons. The maximum absolute atomic E-state index is 14.5. The summed E-state index contributed by atoms with van der Waals surface area (Å²) in [6.45, 7) is 15.9. The van der Waals surface area contributed by atoms with Crippen molar-refractivity contribution in [2.24, 2.45) is 0 Å². The summed E-state index contributed by atoms with van der Waals surface area (Å²) in [6.07, 6.45) is -16.2. The first-order valence-corrected chi connectivity index (χ1v) is 22.3. The fourth-order valence-corrected chi connectivity index (χ4v) is 17.2. The average molecular weight is 971 g/mol. The molecule has 15 heteroatoms. The summed E-state index contributed by atoms with van der Waals surface area (Å²) in [4.78, 5) is 0. The van der Waals surface area contributed by atoms with Gasteiger partial charge in [0.25, 0.3) is 0 Å². The van der Waals surface area contributed by atoms with Crippen molar-refractivity contribution in [3.63, 3.8) is 0 Å². The summed E-state index contributed by atoms with van der Waals surface area (Å²) >= 11 is -4.52. The van der Waals surface area contributed by atoms with Crippen LogP contribution >= 0.6 is 0 Å². The smallest absolute Gasteiger partial charge is 1.00 e. The second-order valence-corrected chi connectivity index (χ2v) is 23.4. The van der Waals surface area contributed by atoms with Gasteiger partial charge < -0.3 is 24.8 Å². The second-order valence-electron chi connectivity index (χ2n) is 17.1. The van der Waals surface area contributed by atoms with Gasteiger partial charge in [-0.25, -0.2) is 0 Å². The number of fused-ring (bicyclic) bond motifs is 3. The summed E-state index contributed by atoms with van der Waals surface area (Å²) in [5.74, 6) is 0. The van der Waals surface area contributed by atoms with Crippen LogP contribution < -0.4 is 24.8 Å². The van der Waals surface area contributed by atoms with Gasteiger partial charge >= 0.3 is 338 Å². The van der Waals surface area contributed by atoms with E-state index < -0.39 is 83.0 Å². The van der Waals surface area contributed by atoms with Crippen LogP contribution in [0.5, 0.6) is 0 Å². The van der Waals surface area contributed by atoms with Crippen LogP contribution in [0.25, 0.3) is 11.1 Å². The molecule has 2 aliphatic rings. The van der Waals surface area contributed by atoms with Crippen molar-refractivity contribution >= 4 is 3.21 Å². The molecule has 0 saturated carbocycles. The van der Waals surface area contributed by atoms with Gasteiger partial charge in [0, 0.05) is 0 Å². The number of allylic oxidation sites excluding steroid dienone is 4. The molecule has 0 spiro atoms. The van der Waals surface area contributed by atoms with E-state index in [4.69, 9.17) is 0 Å². The Morgan fingerprint density at radius 1 is 0.500 bits per heavy atom. The first kappa shape index (κ1) is 49.5. The van der Waals surface area contributed by atoms with Gasteiger partial charge in [-0.15, -0.1) is 0 Å². The van der Waals surface area contributed by atoms with Crippen LogP contribution in [0.15, 0.2) is 82.2 Å². The quantitative estimate of drug-likeness (QED) is 0.180. The van der Waals surface area contributed by atoms with Crippen molar-refractivity contribution in [3.05, 3.63) is 149 Å². The molecule has 4 aromatic rings. The summed E-state index contributed by atoms with van der Waals surface area (Å²) in [5.41, 5.74) is -2.67. The Balaban J connectivity index is 0.00000397. The molecule has 0 radical (unpaired) electrons. The Morgan fingerprint density at radius 3 is 1.10 bits per heavy atom. The van der Waals surface area contributed by atoms with Crippen LogP contribution in [0.4, 0.5) is 52.7 Å². The van der Waals surface area contributed by atoms with Gasteiger partial charge in [0.1, 0.15) is 0 Å². The van der Waals surface area contributed by atoms with Gasteiger partial charge in [0.15, 0.2) is 0 Å². The van der Waals surface area contributed by atoms with Crippen molar-refractivity contribution in [2.45, 2.75) is 101 Å². The van der Waals surface area contributed by atoms with Gasteiger partial charge in [-0.2, -0.15) is 0 Å². The zero-order valence-electron chi connectivity index (χ0n) is 33.6. The molecule has 0 unspecified atom stereocenters. The minimum Gasteiger partial charge on any atom is -1.00 e. The molecule has 2 aliphatic carbocycles. The van der Waals surface area contributed by atoms with Gasteiger partial charge in [-0.1, -0.05) is 0 Å². The molecule has 0 heterocycles. The Bertz CT molecular complexity index is 2200. The Labute approximate surface area is 361 Å². The van der Waals surface area contributed by atoms with Crippen molar-refractivity contribution in [1.82, 2.24) is 0 Å². The first-order chi connectivity index (χ1) is 26.4. The van der Waals surface area contributed by atoms with Crippen molar-refractivity contribution in [2.75, 3.05) is 0 Å². The fourth-order valence-electron chi connectivity index (χ4n) is 8.31. The molecule has 4 aromatic carbocycles. The normalized spacial score (nSPS) is 14.5. The van der Waals surface area contributed by atoms with Crippen LogP contribution in [0.3, 0.4) is 0 Å². The van der Waals surface area contributed by atoms with E-state index in [-0.39, 0.29) is 57.4 Å². The van der Waals surface area contributed by atoms with Gasteiger partial charge in [-0.3, -0.25) is 0 Å². The predicted molar refractivity (Wildman–Crippen MR) is 199 cm³/mol. The summed E-state index contributed by atoms with van der Waals surface area (Å²) < 4.78 is 174. The zero-order valence-corrected chi connectivity index (χ0v) is 37.6. The monoisotopic (exact) mass is 968 g/mol. The SMILES string of the molecule is Cc1cc2c(cc1C(C)(C)C)-c1cc(C(C)(C)C)c(C)cc1[CH]2[Zr+2]([C]1=CC=CC1)=[C](c1cc(C(F)(F)F)cc(C(F)(F)F)c1)c1cc(C(F)(F)F)cc(C(F)(F)F)c1.[Cl-].[Cl-]. The van der Waals surface area contributed by atoms with E-state index in [1.54, 1.807) is 18.2 Å². The van der Waals surface area contributed by atoms with Crippen molar-refractivity contribution in [1.29, 1.82) is 0 Å². The van der Waals surface area contributed by atoms with Crippen molar-refractivity contribution in [3.8, 4) is 11.1 Å². The summed E-state index contributed by atoms with van der Waals surface area (Å²) in [7, 11) is 0. The molecular weight excluding hydrogens is 931 g/mol. The molecule has 60 heavy (non-hydrogen) atoms. The van der Waals surface area contributed by atoms with Crippen LogP contribution in [-0.2, 0) is 56.8 Å². The number of benzene rings is 4. The third kappa shape index (κ3) is 9.73. The number of hydrogen-bond acceptors (Lipinski definition) is 0. The van der Waals surface area contributed by atoms with Crippen LogP contribution in [-0.4, -0.2) is 3.21 Å². The third-order valence-corrected chi connectivity index (χ3v) is 19.1. The topological polar surface area (TPSA) is 0 Å². The van der Waals surface area contributed by atoms with Crippen molar-refractivity contribution < 1.29 is 98.8 Å². The van der Waals surface area contributed by atoms with Gasteiger partial charge in [0.05, 0.1) is 0 Å². The molecular formula is C45H40Cl2F12Zr. The fraction of sp³-hybridized carbons (Fsp3) is 0.356. The number of aryl methyl sites for hydroxylation is 2. The van der Waals surface area contributed by atoms with Gasteiger partial charge in [-0.05, 0) is 0 Å². The predicted octanol–water partition coefficient (Wildman–Crippen LogP) is 8.78. The molecule has 0 amide bonds. The van der Waals surface area contributed by atoms with Crippen LogP contribution in [0.2, 0.25) is 0 Å². The maximum Gasteiger partial charge on any atom is -1.00 e. The number of rotatable bonds is 4. The van der Waals surface area contributed by atoms with Gasteiger partial charge in [0.2, 0.25) is 0 Å². The molecule has 0 aliphatic heterocycles. The largest absolute Gasteiger partial charge is 1.00 e. The maximum atomic E-state index is 14.5. The molecule has 6 rings (SSSR count). The minimum atomic E-state index is -5.35. The van der Waals surface area contributed by atoms with Crippen LogP contribution in [0, 0.1) is 13.8 Å². The summed E-state index contributed by atoms with van der Waals surface area (Å²) in [6, 6.07) is 9.42. The Hall–Kier alpha value is -3.15. The van der Waals surface area contributed by atoms with E-state index in [9.17, 15) is 52.7 Å². The molecule has 0 saturated heterocycles. The van der Waals surface area contributed by atoms with E-state index in [0.29, 0.717) is 38.7 Å². The van der Waals surface area contributed by atoms with E-state index in [1.807, 2.05) is 79.7 Å². The molecule has 0 fully saturated rings. The molecule has 0 atom stereocenters.